The number of aromatic nitrogens is 2. The molecule has 2 aliphatic rings. The molecule has 2 heterocycles. The number of hydrogen-bond acceptors (Lipinski definition) is 4. The predicted molar refractivity (Wildman–Crippen MR) is 95.1 cm³/mol. The van der Waals surface area contributed by atoms with Crippen molar-refractivity contribution in [3.63, 3.8) is 0 Å². The van der Waals surface area contributed by atoms with Crippen molar-refractivity contribution in [1.82, 2.24) is 9.78 Å². The Morgan fingerprint density at radius 2 is 1.80 bits per heavy atom. The van der Waals surface area contributed by atoms with E-state index in [0.717, 1.165) is 31.4 Å². The molecule has 1 aliphatic carbocycles. The molecule has 1 saturated carbocycles. The van der Waals surface area contributed by atoms with Gasteiger partial charge in [0.05, 0.1) is 22.9 Å². The van der Waals surface area contributed by atoms with E-state index in [9.17, 15) is 13.2 Å². The van der Waals surface area contributed by atoms with Crippen LogP contribution in [-0.2, 0) is 26.1 Å². The van der Waals surface area contributed by atoms with Crippen LogP contribution >= 0.6 is 0 Å². The second-order valence-electron chi connectivity index (χ2n) is 6.88. The maximum absolute atomic E-state index is 12.7. The average molecular weight is 359 g/mol. The minimum absolute atomic E-state index is 0.00142. The Morgan fingerprint density at radius 1 is 1.08 bits per heavy atom. The van der Waals surface area contributed by atoms with Crippen molar-refractivity contribution in [3.05, 3.63) is 41.6 Å². The number of carbonyl (C=O) groups is 1. The highest BCUT2D eigenvalue weighted by Crippen LogP contribution is 2.34. The third-order valence-electron chi connectivity index (χ3n) is 5.01. The molecule has 7 heteroatoms. The topological polar surface area (TPSA) is 81.1 Å². The summed E-state index contributed by atoms with van der Waals surface area (Å²) in [7, 11) is -3.17. The van der Waals surface area contributed by atoms with E-state index in [-0.39, 0.29) is 23.3 Å². The lowest BCUT2D eigenvalue weighted by molar-refractivity contribution is -0.120. The Balaban J connectivity index is 1.71. The molecule has 4 rings (SSSR count). The van der Waals surface area contributed by atoms with Crippen molar-refractivity contribution in [1.29, 1.82) is 0 Å². The van der Waals surface area contributed by atoms with Crippen LogP contribution in [0, 0.1) is 5.92 Å². The van der Waals surface area contributed by atoms with Crippen molar-refractivity contribution < 1.29 is 13.2 Å². The highest BCUT2D eigenvalue weighted by molar-refractivity contribution is 7.90. The zero-order valence-electron chi connectivity index (χ0n) is 13.9. The summed E-state index contributed by atoms with van der Waals surface area (Å²) in [5.74, 6) is 0.368. The number of nitrogens with zero attached hydrogens (tertiary/aromatic N) is 2. The monoisotopic (exact) mass is 359 g/mol. The normalized spacial score (nSPS) is 19.5. The molecule has 0 bridgehead atoms. The number of anilines is 1. The van der Waals surface area contributed by atoms with Gasteiger partial charge in [-0.1, -0.05) is 37.5 Å². The van der Waals surface area contributed by atoms with Crippen molar-refractivity contribution in [2.45, 2.75) is 43.6 Å². The molecule has 0 saturated heterocycles. The van der Waals surface area contributed by atoms with Gasteiger partial charge in [0.15, 0.2) is 9.84 Å². The summed E-state index contributed by atoms with van der Waals surface area (Å²) in [6, 6.07) is 9.49. The van der Waals surface area contributed by atoms with Crippen LogP contribution in [-0.4, -0.2) is 24.1 Å². The number of sulfone groups is 1. The SMILES string of the molecule is O=C(Nc1c2c(nn1-c1ccccc1)CS(=O)(=O)C2)C1CCCCC1. The van der Waals surface area contributed by atoms with Crippen molar-refractivity contribution in [2.75, 3.05) is 5.32 Å². The quantitative estimate of drug-likeness (QED) is 0.914. The summed E-state index contributed by atoms with van der Waals surface area (Å²) in [4.78, 5) is 12.7. The van der Waals surface area contributed by atoms with Crippen LogP contribution in [0.1, 0.15) is 43.4 Å². The molecule has 2 aromatic rings. The lowest BCUT2D eigenvalue weighted by atomic mass is 9.88. The fraction of sp³-hybridized carbons (Fsp3) is 0.444. The van der Waals surface area contributed by atoms with E-state index < -0.39 is 9.84 Å². The van der Waals surface area contributed by atoms with Gasteiger partial charge in [-0.25, -0.2) is 13.1 Å². The van der Waals surface area contributed by atoms with E-state index in [0.29, 0.717) is 17.1 Å². The van der Waals surface area contributed by atoms with Crippen LogP contribution in [0.2, 0.25) is 0 Å². The fourth-order valence-corrected chi connectivity index (χ4v) is 5.20. The van der Waals surface area contributed by atoms with Crippen molar-refractivity contribution in [3.8, 4) is 5.69 Å². The third-order valence-corrected chi connectivity index (χ3v) is 6.45. The maximum Gasteiger partial charge on any atom is 0.228 e. The van der Waals surface area contributed by atoms with Gasteiger partial charge >= 0.3 is 0 Å². The Bertz CT molecular complexity index is 897. The molecule has 25 heavy (non-hydrogen) atoms. The van der Waals surface area contributed by atoms with E-state index in [1.807, 2.05) is 30.3 Å². The number of fused-ring (bicyclic) bond motifs is 1. The summed E-state index contributed by atoms with van der Waals surface area (Å²) in [5, 5.41) is 7.47. The molecular weight excluding hydrogens is 338 g/mol. The smallest absolute Gasteiger partial charge is 0.228 e. The largest absolute Gasteiger partial charge is 0.310 e. The standard InChI is InChI=1S/C18H21N3O3S/c22-18(13-7-3-1-4-8-13)19-17-15-11-25(23,24)12-16(15)20-21(17)14-9-5-2-6-10-14/h2,5-6,9-10,13H,1,3-4,7-8,11-12H2,(H,19,22). The first kappa shape index (κ1) is 16.3. The number of benzene rings is 1. The van der Waals surface area contributed by atoms with Gasteiger partial charge in [0, 0.05) is 11.5 Å². The van der Waals surface area contributed by atoms with E-state index in [4.69, 9.17) is 0 Å². The molecule has 0 spiro atoms. The van der Waals surface area contributed by atoms with Crippen LogP contribution < -0.4 is 5.32 Å². The average Bonchev–Trinajstić information content (AvgIpc) is 3.09. The van der Waals surface area contributed by atoms with Crippen LogP contribution in [0.15, 0.2) is 30.3 Å². The van der Waals surface area contributed by atoms with Crippen LogP contribution in [0.5, 0.6) is 0 Å². The van der Waals surface area contributed by atoms with Gasteiger partial charge in [0.1, 0.15) is 5.82 Å². The van der Waals surface area contributed by atoms with Crippen molar-refractivity contribution >= 4 is 21.6 Å². The third kappa shape index (κ3) is 3.20. The van der Waals surface area contributed by atoms with Gasteiger partial charge in [-0.2, -0.15) is 5.10 Å². The second-order valence-corrected chi connectivity index (χ2v) is 8.94. The number of nitrogens with one attached hydrogen (secondary N) is 1. The summed E-state index contributed by atoms with van der Waals surface area (Å²) in [6.45, 7) is 0. The minimum Gasteiger partial charge on any atom is -0.310 e. The molecule has 6 nitrogen and oxygen atoms in total. The zero-order valence-corrected chi connectivity index (χ0v) is 14.8. The zero-order chi connectivity index (χ0) is 17.4. The molecule has 0 radical (unpaired) electrons. The summed E-state index contributed by atoms with van der Waals surface area (Å²) < 4.78 is 25.6. The minimum atomic E-state index is -3.17. The Morgan fingerprint density at radius 3 is 2.52 bits per heavy atom. The molecule has 0 atom stereocenters. The lowest BCUT2D eigenvalue weighted by Crippen LogP contribution is -2.26. The molecule has 1 aromatic heterocycles. The number of para-hydroxylation sites is 1. The number of amides is 1. The number of rotatable bonds is 3. The van der Waals surface area contributed by atoms with Crippen LogP contribution in [0.3, 0.4) is 0 Å². The van der Waals surface area contributed by atoms with Gasteiger partial charge in [0.25, 0.3) is 0 Å². The highest BCUT2D eigenvalue weighted by Gasteiger charge is 2.34. The summed E-state index contributed by atoms with van der Waals surface area (Å²) >= 11 is 0. The first-order chi connectivity index (χ1) is 12.0. The van der Waals surface area contributed by atoms with Gasteiger partial charge in [-0.05, 0) is 25.0 Å². The molecule has 132 valence electrons. The molecular formula is C18H21N3O3S. The van der Waals surface area contributed by atoms with Crippen LogP contribution in [0.25, 0.3) is 5.69 Å². The second kappa shape index (κ2) is 6.29. The van der Waals surface area contributed by atoms with Gasteiger partial charge in [-0.3, -0.25) is 4.79 Å². The molecule has 1 amide bonds. The van der Waals surface area contributed by atoms with E-state index >= 15 is 0 Å². The summed E-state index contributed by atoms with van der Waals surface area (Å²) in [5.41, 5.74) is 1.99. The van der Waals surface area contributed by atoms with E-state index in [1.165, 1.54) is 6.42 Å². The van der Waals surface area contributed by atoms with Crippen LogP contribution in [0.4, 0.5) is 5.82 Å². The molecule has 1 aliphatic heterocycles. The predicted octanol–water partition coefficient (Wildman–Crippen LogP) is 2.82. The molecule has 1 N–H and O–H groups in total. The number of carbonyl (C=O) groups excluding carboxylic acids is 1. The Kier molecular flexibility index (Phi) is 4.11. The highest BCUT2D eigenvalue weighted by atomic mass is 32.2. The molecule has 1 aromatic carbocycles. The van der Waals surface area contributed by atoms with E-state index in [1.54, 1.807) is 4.68 Å². The van der Waals surface area contributed by atoms with Gasteiger partial charge in [0.2, 0.25) is 5.91 Å². The Labute approximate surface area is 147 Å². The van der Waals surface area contributed by atoms with Gasteiger partial charge in [-0.15, -0.1) is 0 Å². The van der Waals surface area contributed by atoms with Crippen molar-refractivity contribution in [2.24, 2.45) is 5.92 Å². The van der Waals surface area contributed by atoms with E-state index in [2.05, 4.69) is 10.4 Å². The first-order valence-corrected chi connectivity index (χ1v) is 10.5. The fourth-order valence-electron chi connectivity index (χ4n) is 3.71. The molecule has 0 unspecified atom stereocenters. The summed E-state index contributed by atoms with van der Waals surface area (Å²) in [6.07, 6.45) is 5.11. The lowest BCUT2D eigenvalue weighted by Gasteiger charge is -2.21. The number of hydrogen-bond donors (Lipinski definition) is 1. The maximum atomic E-state index is 12.7. The van der Waals surface area contributed by atoms with Gasteiger partial charge < -0.3 is 5.32 Å². The first-order valence-electron chi connectivity index (χ1n) is 8.71. The molecule has 1 fully saturated rings. The Hall–Kier alpha value is -2.15.